The van der Waals surface area contributed by atoms with Gasteiger partial charge in [0.15, 0.2) is 0 Å². The fourth-order valence-corrected chi connectivity index (χ4v) is 3.02. The maximum absolute atomic E-state index is 11.2. The minimum absolute atomic E-state index is 0.124. The molecular formula is C18H20N4O2S. The van der Waals surface area contributed by atoms with Gasteiger partial charge in [-0.1, -0.05) is 42.5 Å². The van der Waals surface area contributed by atoms with Crippen LogP contribution in [0.1, 0.15) is 16.7 Å². The molecule has 3 aromatic rings. The van der Waals surface area contributed by atoms with Crippen molar-refractivity contribution >= 4 is 10.0 Å². The van der Waals surface area contributed by atoms with Gasteiger partial charge in [0.1, 0.15) is 0 Å². The van der Waals surface area contributed by atoms with Crippen molar-refractivity contribution in [1.82, 2.24) is 15.1 Å². The van der Waals surface area contributed by atoms with Crippen molar-refractivity contribution in [2.75, 3.05) is 0 Å². The minimum atomic E-state index is -3.64. The number of nitrogens with one attached hydrogen (secondary N) is 1. The van der Waals surface area contributed by atoms with Crippen LogP contribution in [0.4, 0.5) is 0 Å². The molecule has 0 aliphatic rings. The molecule has 3 rings (SSSR count). The van der Waals surface area contributed by atoms with E-state index >= 15 is 0 Å². The van der Waals surface area contributed by atoms with Crippen molar-refractivity contribution in [2.45, 2.75) is 24.5 Å². The number of sulfonamides is 1. The zero-order valence-electron chi connectivity index (χ0n) is 13.7. The van der Waals surface area contributed by atoms with E-state index in [-0.39, 0.29) is 4.90 Å². The Morgan fingerprint density at radius 3 is 2.28 bits per heavy atom. The van der Waals surface area contributed by atoms with E-state index in [9.17, 15) is 8.42 Å². The van der Waals surface area contributed by atoms with Crippen molar-refractivity contribution in [3.05, 3.63) is 83.7 Å². The van der Waals surface area contributed by atoms with E-state index in [2.05, 4.69) is 22.5 Å². The monoisotopic (exact) mass is 356 g/mol. The Morgan fingerprint density at radius 2 is 1.60 bits per heavy atom. The first kappa shape index (κ1) is 17.3. The predicted molar refractivity (Wildman–Crippen MR) is 96.1 cm³/mol. The summed E-state index contributed by atoms with van der Waals surface area (Å²) in [6.45, 7) is 2.07. The Labute approximate surface area is 147 Å². The Morgan fingerprint density at radius 1 is 0.920 bits per heavy atom. The maximum Gasteiger partial charge on any atom is 0.238 e. The smallest absolute Gasteiger partial charge is 0.238 e. The van der Waals surface area contributed by atoms with Gasteiger partial charge in [0.05, 0.1) is 17.6 Å². The lowest BCUT2D eigenvalue weighted by Crippen LogP contribution is -2.14. The van der Waals surface area contributed by atoms with Crippen LogP contribution in [0.2, 0.25) is 0 Å². The summed E-state index contributed by atoms with van der Waals surface area (Å²) in [6.07, 6.45) is 3.87. The molecule has 0 amide bonds. The SMILES string of the molecule is NS(=O)(=O)c1ccc(CNCc2cnn(Cc3ccccc3)c2)cc1. The van der Waals surface area contributed by atoms with Crippen LogP contribution in [0.3, 0.4) is 0 Å². The first-order chi connectivity index (χ1) is 12.0. The van der Waals surface area contributed by atoms with Gasteiger partial charge in [-0.15, -0.1) is 0 Å². The summed E-state index contributed by atoms with van der Waals surface area (Å²) < 4.78 is 24.4. The second kappa shape index (κ2) is 7.60. The highest BCUT2D eigenvalue weighted by Gasteiger charge is 2.06. The van der Waals surface area contributed by atoms with Crippen LogP contribution in [-0.4, -0.2) is 18.2 Å². The molecule has 7 heteroatoms. The van der Waals surface area contributed by atoms with Gasteiger partial charge >= 0.3 is 0 Å². The molecule has 130 valence electrons. The third-order valence-electron chi connectivity index (χ3n) is 3.78. The van der Waals surface area contributed by atoms with E-state index in [4.69, 9.17) is 5.14 Å². The van der Waals surface area contributed by atoms with Gasteiger partial charge in [-0.25, -0.2) is 13.6 Å². The molecule has 0 saturated carbocycles. The molecule has 0 aliphatic heterocycles. The van der Waals surface area contributed by atoms with Gasteiger partial charge in [0.2, 0.25) is 10.0 Å². The van der Waals surface area contributed by atoms with E-state index < -0.39 is 10.0 Å². The molecule has 25 heavy (non-hydrogen) atoms. The number of primary sulfonamides is 1. The molecule has 0 bridgehead atoms. The third kappa shape index (κ3) is 4.99. The zero-order valence-corrected chi connectivity index (χ0v) is 14.5. The molecule has 1 aromatic heterocycles. The number of hydrogen-bond acceptors (Lipinski definition) is 4. The highest BCUT2D eigenvalue weighted by Crippen LogP contribution is 2.09. The van der Waals surface area contributed by atoms with E-state index in [1.807, 2.05) is 35.3 Å². The van der Waals surface area contributed by atoms with Crippen molar-refractivity contribution in [1.29, 1.82) is 0 Å². The summed E-state index contributed by atoms with van der Waals surface area (Å²) in [5, 5.41) is 12.8. The van der Waals surface area contributed by atoms with E-state index in [1.54, 1.807) is 12.1 Å². The summed E-state index contributed by atoms with van der Waals surface area (Å²) in [7, 11) is -3.64. The van der Waals surface area contributed by atoms with Gasteiger partial charge in [-0.2, -0.15) is 5.10 Å². The van der Waals surface area contributed by atoms with E-state index in [1.165, 1.54) is 17.7 Å². The average molecular weight is 356 g/mol. The molecule has 0 atom stereocenters. The number of nitrogens with two attached hydrogens (primary N) is 1. The number of benzene rings is 2. The van der Waals surface area contributed by atoms with Gasteiger partial charge < -0.3 is 5.32 Å². The lowest BCUT2D eigenvalue weighted by molar-refractivity contribution is 0.597. The number of aromatic nitrogens is 2. The van der Waals surface area contributed by atoms with Crippen LogP contribution >= 0.6 is 0 Å². The number of hydrogen-bond donors (Lipinski definition) is 2. The minimum Gasteiger partial charge on any atom is -0.309 e. The standard InChI is InChI=1S/C18H20N4O2S/c19-25(23,24)18-8-6-15(7-9-18)10-20-11-17-12-21-22(14-17)13-16-4-2-1-3-5-16/h1-9,12,14,20H,10-11,13H2,(H2,19,23,24). The molecule has 0 unspecified atom stereocenters. The van der Waals surface area contributed by atoms with E-state index in [0.29, 0.717) is 13.1 Å². The Bertz CT molecular complexity index is 919. The van der Waals surface area contributed by atoms with Crippen LogP contribution in [0.5, 0.6) is 0 Å². The zero-order chi connectivity index (χ0) is 17.7. The fraction of sp³-hybridized carbons (Fsp3) is 0.167. The van der Waals surface area contributed by atoms with Gasteiger partial charge in [0.25, 0.3) is 0 Å². The van der Waals surface area contributed by atoms with Gasteiger partial charge in [-0.3, -0.25) is 4.68 Å². The van der Waals surface area contributed by atoms with Crippen LogP contribution < -0.4 is 10.5 Å². The highest BCUT2D eigenvalue weighted by molar-refractivity contribution is 7.89. The largest absolute Gasteiger partial charge is 0.309 e. The normalized spacial score (nSPS) is 11.6. The van der Waals surface area contributed by atoms with Crippen LogP contribution in [-0.2, 0) is 29.7 Å². The third-order valence-corrected chi connectivity index (χ3v) is 4.71. The molecule has 6 nitrogen and oxygen atoms in total. The highest BCUT2D eigenvalue weighted by atomic mass is 32.2. The Kier molecular flexibility index (Phi) is 5.28. The first-order valence-electron chi connectivity index (χ1n) is 7.88. The average Bonchev–Trinajstić information content (AvgIpc) is 3.03. The molecule has 0 saturated heterocycles. The number of nitrogens with zero attached hydrogens (tertiary/aromatic N) is 2. The maximum atomic E-state index is 11.2. The molecule has 0 fully saturated rings. The van der Waals surface area contributed by atoms with Crippen molar-refractivity contribution in [3.8, 4) is 0 Å². The molecule has 0 spiro atoms. The topological polar surface area (TPSA) is 90.0 Å². The second-order valence-corrected chi connectivity index (χ2v) is 7.39. The molecule has 0 aliphatic carbocycles. The molecule has 0 radical (unpaired) electrons. The molecule has 3 N–H and O–H groups in total. The quantitative estimate of drug-likeness (QED) is 0.676. The molecule has 2 aromatic carbocycles. The van der Waals surface area contributed by atoms with Gasteiger partial charge in [0, 0.05) is 24.8 Å². The van der Waals surface area contributed by atoms with Crippen LogP contribution in [0.25, 0.3) is 0 Å². The number of rotatable bonds is 7. The lowest BCUT2D eigenvalue weighted by Gasteiger charge is -2.05. The van der Waals surface area contributed by atoms with Crippen molar-refractivity contribution in [3.63, 3.8) is 0 Å². The molecule has 1 heterocycles. The fourth-order valence-electron chi connectivity index (χ4n) is 2.50. The Balaban J connectivity index is 1.51. The van der Waals surface area contributed by atoms with Crippen molar-refractivity contribution in [2.24, 2.45) is 5.14 Å². The lowest BCUT2D eigenvalue weighted by atomic mass is 10.2. The molecular weight excluding hydrogens is 336 g/mol. The van der Waals surface area contributed by atoms with E-state index in [0.717, 1.165) is 17.7 Å². The van der Waals surface area contributed by atoms with Crippen LogP contribution in [0.15, 0.2) is 71.9 Å². The summed E-state index contributed by atoms with van der Waals surface area (Å²) >= 11 is 0. The Hall–Kier alpha value is -2.48. The van der Waals surface area contributed by atoms with Crippen LogP contribution in [0, 0.1) is 0 Å². The first-order valence-corrected chi connectivity index (χ1v) is 9.43. The summed E-state index contributed by atoms with van der Waals surface area (Å²) in [6, 6.07) is 16.7. The predicted octanol–water partition coefficient (Wildman–Crippen LogP) is 1.87. The second-order valence-electron chi connectivity index (χ2n) is 5.82. The summed E-state index contributed by atoms with van der Waals surface area (Å²) in [4.78, 5) is 0.124. The summed E-state index contributed by atoms with van der Waals surface area (Å²) in [5.74, 6) is 0. The summed E-state index contributed by atoms with van der Waals surface area (Å²) in [5.41, 5.74) is 3.29. The van der Waals surface area contributed by atoms with Gasteiger partial charge in [-0.05, 0) is 23.3 Å². The van der Waals surface area contributed by atoms with Crippen molar-refractivity contribution < 1.29 is 8.42 Å².